The Morgan fingerprint density at radius 3 is 2.87 bits per heavy atom. The van der Waals surface area contributed by atoms with Gasteiger partial charge in [-0.1, -0.05) is 11.8 Å². The maximum atomic E-state index is 8.92. The average Bonchev–Trinajstić information content (AvgIpc) is 2.58. The highest BCUT2D eigenvalue weighted by Gasteiger charge is 2.10. The predicted molar refractivity (Wildman–Crippen MR) is 61.6 cm³/mol. The summed E-state index contributed by atoms with van der Waals surface area (Å²) in [5.74, 6) is 0.722. The third-order valence-corrected chi connectivity index (χ3v) is 3.00. The lowest BCUT2D eigenvalue weighted by molar-refractivity contribution is 0.560. The van der Waals surface area contributed by atoms with Gasteiger partial charge in [0.05, 0.1) is 6.07 Å². The van der Waals surface area contributed by atoms with Crippen molar-refractivity contribution in [3.8, 4) is 6.07 Å². The van der Waals surface area contributed by atoms with Crippen LogP contribution in [0.2, 0.25) is 0 Å². The van der Waals surface area contributed by atoms with E-state index in [9.17, 15) is 0 Å². The molecule has 0 saturated heterocycles. The summed E-state index contributed by atoms with van der Waals surface area (Å²) in [4.78, 5) is 4.19. The molecule has 5 heteroatoms. The minimum absolute atomic E-state index is 0.119. The van der Waals surface area contributed by atoms with Crippen LogP contribution in [0.3, 0.4) is 0 Å². The maximum Gasteiger partial charge on any atom is 0.167 e. The van der Waals surface area contributed by atoms with E-state index in [1.54, 1.807) is 18.0 Å². The van der Waals surface area contributed by atoms with Gasteiger partial charge in [0.1, 0.15) is 6.04 Å². The average molecular weight is 224 g/mol. The lowest BCUT2D eigenvalue weighted by Crippen LogP contribution is -2.35. The van der Waals surface area contributed by atoms with Crippen LogP contribution in [0.1, 0.15) is 13.8 Å². The molecule has 0 aliphatic heterocycles. The van der Waals surface area contributed by atoms with Gasteiger partial charge in [0.25, 0.3) is 0 Å². The van der Waals surface area contributed by atoms with E-state index in [-0.39, 0.29) is 6.04 Å². The molecule has 1 N–H and O–H groups in total. The lowest BCUT2D eigenvalue weighted by Gasteiger charge is -2.13. The number of hydrogen-bond acceptors (Lipinski definition) is 4. The summed E-state index contributed by atoms with van der Waals surface area (Å²) in [7, 11) is 1.95. The summed E-state index contributed by atoms with van der Waals surface area (Å²) < 4.78 is 1.95. The molecule has 82 valence electrons. The van der Waals surface area contributed by atoms with Gasteiger partial charge in [-0.15, -0.1) is 0 Å². The van der Waals surface area contributed by atoms with Crippen LogP contribution in [0.15, 0.2) is 17.6 Å². The van der Waals surface area contributed by atoms with E-state index in [2.05, 4.69) is 16.4 Å². The van der Waals surface area contributed by atoms with Crippen molar-refractivity contribution in [2.45, 2.75) is 31.1 Å². The highest BCUT2D eigenvalue weighted by molar-refractivity contribution is 7.99. The van der Waals surface area contributed by atoms with Crippen LogP contribution in [0, 0.1) is 11.3 Å². The van der Waals surface area contributed by atoms with E-state index < -0.39 is 0 Å². The summed E-state index contributed by atoms with van der Waals surface area (Å²) in [6.07, 6.45) is 3.67. The molecule has 1 rings (SSSR count). The number of nitrogens with one attached hydrogen (secondary N) is 1. The highest BCUT2D eigenvalue weighted by atomic mass is 32.2. The molecule has 0 spiro atoms. The van der Waals surface area contributed by atoms with Crippen molar-refractivity contribution in [2.24, 2.45) is 7.05 Å². The maximum absolute atomic E-state index is 8.92. The Morgan fingerprint density at radius 1 is 1.67 bits per heavy atom. The molecule has 0 fully saturated rings. The smallest absolute Gasteiger partial charge is 0.167 e. The third kappa shape index (κ3) is 3.94. The van der Waals surface area contributed by atoms with E-state index in [1.807, 2.05) is 31.7 Å². The van der Waals surface area contributed by atoms with Gasteiger partial charge in [0, 0.05) is 31.2 Å². The fraction of sp³-hybridized carbons (Fsp3) is 0.600. The van der Waals surface area contributed by atoms with Gasteiger partial charge in [-0.25, -0.2) is 4.98 Å². The number of nitriles is 1. The zero-order valence-electron chi connectivity index (χ0n) is 9.27. The Kier molecular flexibility index (Phi) is 4.66. The molecule has 0 radical (unpaired) electrons. The van der Waals surface area contributed by atoms with Gasteiger partial charge in [-0.2, -0.15) is 5.26 Å². The quantitative estimate of drug-likeness (QED) is 0.768. The van der Waals surface area contributed by atoms with E-state index in [4.69, 9.17) is 5.26 Å². The summed E-state index contributed by atoms with van der Waals surface area (Å²) in [6.45, 7) is 4.07. The van der Waals surface area contributed by atoms with Crippen LogP contribution in [0.4, 0.5) is 0 Å². The van der Waals surface area contributed by atoms with Gasteiger partial charge in [0.15, 0.2) is 5.16 Å². The lowest BCUT2D eigenvalue weighted by atomic mass is 10.3. The molecule has 15 heavy (non-hydrogen) atoms. The molecule has 0 aliphatic carbocycles. The molecule has 0 amide bonds. The first-order valence-electron chi connectivity index (χ1n) is 4.89. The van der Waals surface area contributed by atoms with Gasteiger partial charge in [0.2, 0.25) is 0 Å². The number of thioether (sulfide) groups is 1. The Morgan fingerprint density at radius 2 is 2.40 bits per heavy atom. The van der Waals surface area contributed by atoms with Crippen LogP contribution in [-0.4, -0.2) is 27.4 Å². The van der Waals surface area contributed by atoms with E-state index in [0.717, 1.165) is 10.9 Å². The van der Waals surface area contributed by atoms with Gasteiger partial charge >= 0.3 is 0 Å². The second kappa shape index (κ2) is 5.79. The summed E-state index contributed by atoms with van der Waals surface area (Å²) >= 11 is 1.60. The van der Waals surface area contributed by atoms with Crippen LogP contribution in [0.5, 0.6) is 0 Å². The summed E-state index contributed by atoms with van der Waals surface area (Å²) in [6, 6.07) is 2.46. The van der Waals surface area contributed by atoms with Crippen molar-refractivity contribution in [3.05, 3.63) is 12.4 Å². The van der Waals surface area contributed by atoms with E-state index in [1.165, 1.54) is 0 Å². The molecule has 4 nitrogen and oxygen atoms in total. The summed E-state index contributed by atoms with van der Waals surface area (Å²) in [5.41, 5.74) is 0. The fourth-order valence-corrected chi connectivity index (χ4v) is 2.06. The first kappa shape index (κ1) is 12.1. The number of aryl methyl sites for hydroxylation is 1. The van der Waals surface area contributed by atoms with Crippen molar-refractivity contribution in [2.75, 3.05) is 5.75 Å². The molecule has 0 aromatic carbocycles. The minimum atomic E-state index is -0.119. The Balaban J connectivity index is 2.42. The Bertz CT molecular complexity index is 339. The molecular formula is C10H16N4S. The molecule has 0 bridgehead atoms. The minimum Gasteiger partial charge on any atom is -0.329 e. The van der Waals surface area contributed by atoms with Gasteiger partial charge in [-0.3, -0.25) is 5.32 Å². The van der Waals surface area contributed by atoms with Gasteiger partial charge in [-0.05, 0) is 13.8 Å². The molecule has 1 aromatic heterocycles. The number of rotatable bonds is 5. The molecule has 1 unspecified atom stereocenters. The molecule has 1 aromatic rings. The normalized spacial score (nSPS) is 12.7. The second-order valence-corrected chi connectivity index (χ2v) is 4.62. The van der Waals surface area contributed by atoms with Gasteiger partial charge < -0.3 is 4.57 Å². The largest absolute Gasteiger partial charge is 0.329 e. The van der Waals surface area contributed by atoms with E-state index in [0.29, 0.717) is 6.04 Å². The van der Waals surface area contributed by atoms with Crippen LogP contribution in [0.25, 0.3) is 0 Å². The molecule has 1 atom stereocenters. The molecule has 1 heterocycles. The van der Waals surface area contributed by atoms with E-state index >= 15 is 0 Å². The van der Waals surface area contributed by atoms with Crippen molar-refractivity contribution >= 4 is 11.8 Å². The SMILES string of the molecule is CC(C)NC(C#N)CSc1nccn1C. The third-order valence-electron chi connectivity index (χ3n) is 1.85. The first-order valence-corrected chi connectivity index (χ1v) is 5.88. The Hall–Kier alpha value is -0.990. The van der Waals surface area contributed by atoms with Crippen LogP contribution in [-0.2, 0) is 7.05 Å². The predicted octanol–water partition coefficient (Wildman–Crippen LogP) is 1.40. The monoisotopic (exact) mass is 224 g/mol. The number of aromatic nitrogens is 2. The van der Waals surface area contributed by atoms with Crippen LogP contribution >= 0.6 is 11.8 Å². The van der Waals surface area contributed by atoms with Crippen molar-refractivity contribution in [3.63, 3.8) is 0 Å². The van der Waals surface area contributed by atoms with Crippen molar-refractivity contribution in [1.29, 1.82) is 5.26 Å². The van der Waals surface area contributed by atoms with Crippen molar-refractivity contribution < 1.29 is 0 Å². The molecule has 0 aliphatic rings. The number of nitrogens with zero attached hydrogens (tertiary/aromatic N) is 3. The zero-order chi connectivity index (χ0) is 11.3. The standard InChI is InChI=1S/C10H16N4S/c1-8(2)13-9(6-11)7-15-10-12-4-5-14(10)3/h4-5,8-9,13H,7H2,1-3H3. The number of hydrogen-bond donors (Lipinski definition) is 1. The highest BCUT2D eigenvalue weighted by Crippen LogP contribution is 2.15. The first-order chi connectivity index (χ1) is 7.13. The topological polar surface area (TPSA) is 53.6 Å². The fourth-order valence-electron chi connectivity index (χ4n) is 1.17. The van der Waals surface area contributed by atoms with Crippen LogP contribution < -0.4 is 5.32 Å². The van der Waals surface area contributed by atoms with Crippen molar-refractivity contribution in [1.82, 2.24) is 14.9 Å². The molecule has 0 saturated carbocycles. The second-order valence-electron chi connectivity index (χ2n) is 3.63. The number of imidazole rings is 1. The molecular weight excluding hydrogens is 208 g/mol. The zero-order valence-corrected chi connectivity index (χ0v) is 10.1. The Labute approximate surface area is 94.7 Å². The summed E-state index contributed by atoms with van der Waals surface area (Å²) in [5, 5.41) is 13.1.